The number of aliphatic carboxylic acids is 1. The molecule has 0 amide bonds. The first-order valence-corrected chi connectivity index (χ1v) is 8.49. The van der Waals surface area contributed by atoms with E-state index in [4.69, 9.17) is 0 Å². The topological polar surface area (TPSA) is 55.8 Å². The van der Waals surface area contributed by atoms with Crippen LogP contribution in [0.1, 0.15) is 46.0 Å². The molecule has 0 bridgehead atoms. The fraction of sp³-hybridized carbons (Fsp3) is 0.938. The lowest BCUT2D eigenvalue weighted by molar-refractivity contribution is -0.145. The summed E-state index contributed by atoms with van der Waals surface area (Å²) in [6.45, 7) is 8.75. The molecule has 0 aromatic rings. The standard InChI is InChI=1S/C16H29N3O2/c1-12(2)17-16(15(20)21)6-5-13(10-16)19-9-8-18-7-3-4-14(18)11-19/h12-14,17H,3-11H2,1-2H3,(H,20,21). The van der Waals surface area contributed by atoms with E-state index in [0.717, 1.165) is 38.4 Å². The zero-order valence-electron chi connectivity index (χ0n) is 13.3. The number of carboxylic acids is 1. The first kappa shape index (κ1) is 15.3. The van der Waals surface area contributed by atoms with E-state index in [1.807, 2.05) is 13.8 Å². The van der Waals surface area contributed by atoms with Crippen molar-refractivity contribution in [1.82, 2.24) is 15.1 Å². The van der Waals surface area contributed by atoms with Crippen LogP contribution in [0.15, 0.2) is 0 Å². The number of rotatable bonds is 4. The molecule has 3 unspecified atom stereocenters. The van der Waals surface area contributed by atoms with Gasteiger partial charge in [-0.1, -0.05) is 0 Å². The van der Waals surface area contributed by atoms with Crippen LogP contribution in [-0.2, 0) is 4.79 Å². The summed E-state index contributed by atoms with van der Waals surface area (Å²) in [6, 6.07) is 1.37. The van der Waals surface area contributed by atoms with Crippen LogP contribution in [0.5, 0.6) is 0 Å². The highest BCUT2D eigenvalue weighted by Crippen LogP contribution is 2.35. The molecule has 0 spiro atoms. The van der Waals surface area contributed by atoms with Crippen molar-refractivity contribution in [3.63, 3.8) is 0 Å². The van der Waals surface area contributed by atoms with Crippen molar-refractivity contribution in [3.05, 3.63) is 0 Å². The maximum atomic E-state index is 11.8. The zero-order valence-corrected chi connectivity index (χ0v) is 13.3. The van der Waals surface area contributed by atoms with Crippen molar-refractivity contribution in [2.24, 2.45) is 0 Å². The molecule has 2 N–H and O–H groups in total. The smallest absolute Gasteiger partial charge is 0.323 e. The lowest BCUT2D eigenvalue weighted by Crippen LogP contribution is -2.56. The third-order valence-electron chi connectivity index (χ3n) is 5.60. The number of nitrogens with zero attached hydrogens (tertiary/aromatic N) is 2. The van der Waals surface area contributed by atoms with Gasteiger partial charge in [0.2, 0.25) is 0 Å². The van der Waals surface area contributed by atoms with Crippen molar-refractivity contribution in [2.75, 3.05) is 26.2 Å². The number of fused-ring (bicyclic) bond motifs is 1. The largest absolute Gasteiger partial charge is 0.480 e. The highest BCUT2D eigenvalue weighted by molar-refractivity contribution is 5.79. The molecule has 5 nitrogen and oxygen atoms in total. The number of hydrogen-bond donors (Lipinski definition) is 2. The number of piperazine rings is 1. The van der Waals surface area contributed by atoms with Gasteiger partial charge >= 0.3 is 5.97 Å². The first-order chi connectivity index (χ1) is 10.00. The van der Waals surface area contributed by atoms with Crippen LogP contribution in [0.4, 0.5) is 0 Å². The molecule has 0 aromatic carbocycles. The van der Waals surface area contributed by atoms with Crippen LogP contribution in [0, 0.1) is 0 Å². The predicted molar refractivity (Wildman–Crippen MR) is 82.4 cm³/mol. The van der Waals surface area contributed by atoms with E-state index in [9.17, 15) is 9.90 Å². The van der Waals surface area contributed by atoms with Crippen LogP contribution >= 0.6 is 0 Å². The summed E-state index contributed by atoms with van der Waals surface area (Å²) in [7, 11) is 0. The lowest BCUT2D eigenvalue weighted by atomic mass is 9.96. The van der Waals surface area contributed by atoms with Crippen LogP contribution in [0.3, 0.4) is 0 Å². The van der Waals surface area contributed by atoms with Gasteiger partial charge in [0.25, 0.3) is 0 Å². The average molecular weight is 295 g/mol. The van der Waals surface area contributed by atoms with E-state index in [1.165, 1.54) is 25.9 Å². The number of carboxylic acid groups (broad SMARTS) is 1. The Morgan fingerprint density at radius 3 is 2.67 bits per heavy atom. The molecule has 3 fully saturated rings. The first-order valence-electron chi connectivity index (χ1n) is 8.49. The SMILES string of the molecule is CC(C)NC1(C(=O)O)CCC(N2CCN3CCCC3C2)C1. The Morgan fingerprint density at radius 2 is 1.95 bits per heavy atom. The number of carbonyl (C=O) groups is 1. The summed E-state index contributed by atoms with van der Waals surface area (Å²) < 4.78 is 0. The highest BCUT2D eigenvalue weighted by Gasteiger charge is 2.48. The van der Waals surface area contributed by atoms with Gasteiger partial charge in [0, 0.05) is 37.8 Å². The van der Waals surface area contributed by atoms with Gasteiger partial charge in [-0.3, -0.25) is 19.9 Å². The lowest BCUT2D eigenvalue weighted by Gasteiger charge is -2.41. The molecular formula is C16H29N3O2. The van der Waals surface area contributed by atoms with E-state index < -0.39 is 11.5 Å². The third-order valence-corrected chi connectivity index (χ3v) is 5.60. The molecule has 21 heavy (non-hydrogen) atoms. The maximum Gasteiger partial charge on any atom is 0.323 e. The van der Waals surface area contributed by atoms with Crippen molar-refractivity contribution >= 4 is 5.97 Å². The van der Waals surface area contributed by atoms with Crippen LogP contribution < -0.4 is 5.32 Å². The molecule has 2 aliphatic heterocycles. The molecule has 2 saturated heterocycles. The second-order valence-corrected chi connectivity index (χ2v) is 7.41. The highest BCUT2D eigenvalue weighted by atomic mass is 16.4. The predicted octanol–water partition coefficient (Wildman–Crippen LogP) is 1.14. The Morgan fingerprint density at radius 1 is 1.19 bits per heavy atom. The molecule has 3 aliphatic rings. The Bertz CT molecular complexity index is 401. The Balaban J connectivity index is 1.64. The summed E-state index contributed by atoms with van der Waals surface area (Å²) in [5.41, 5.74) is -0.703. The molecule has 120 valence electrons. The van der Waals surface area contributed by atoms with E-state index in [1.54, 1.807) is 0 Å². The van der Waals surface area contributed by atoms with Crippen LogP contribution in [-0.4, -0.2) is 70.7 Å². The van der Waals surface area contributed by atoms with Crippen LogP contribution in [0.25, 0.3) is 0 Å². The minimum atomic E-state index is -0.703. The van der Waals surface area contributed by atoms with E-state index >= 15 is 0 Å². The van der Waals surface area contributed by atoms with Gasteiger partial charge in [-0.15, -0.1) is 0 Å². The van der Waals surface area contributed by atoms with E-state index in [0.29, 0.717) is 6.04 Å². The molecule has 5 heteroatoms. The fourth-order valence-corrected chi connectivity index (χ4v) is 4.62. The normalized spacial score (nSPS) is 38.0. The quantitative estimate of drug-likeness (QED) is 0.814. The monoisotopic (exact) mass is 295 g/mol. The molecule has 1 saturated carbocycles. The molecule has 3 atom stereocenters. The molecule has 0 aromatic heterocycles. The second-order valence-electron chi connectivity index (χ2n) is 7.41. The van der Waals surface area contributed by atoms with E-state index in [2.05, 4.69) is 15.1 Å². The summed E-state index contributed by atoms with van der Waals surface area (Å²) in [6.07, 6.45) is 5.18. The van der Waals surface area contributed by atoms with Gasteiger partial charge in [-0.05, 0) is 52.5 Å². The second kappa shape index (κ2) is 5.86. The summed E-state index contributed by atoms with van der Waals surface area (Å²) in [4.78, 5) is 17.0. The van der Waals surface area contributed by atoms with Crippen LogP contribution in [0.2, 0.25) is 0 Å². The summed E-state index contributed by atoms with van der Waals surface area (Å²) >= 11 is 0. The average Bonchev–Trinajstić information content (AvgIpc) is 3.04. The Hall–Kier alpha value is -0.650. The number of hydrogen-bond acceptors (Lipinski definition) is 4. The minimum Gasteiger partial charge on any atom is -0.480 e. The van der Waals surface area contributed by atoms with Gasteiger partial charge in [0.15, 0.2) is 0 Å². The van der Waals surface area contributed by atoms with Crippen molar-refractivity contribution in [1.29, 1.82) is 0 Å². The number of nitrogens with one attached hydrogen (secondary N) is 1. The zero-order chi connectivity index (χ0) is 15.0. The van der Waals surface area contributed by atoms with Gasteiger partial charge in [0.1, 0.15) is 5.54 Å². The molecular weight excluding hydrogens is 266 g/mol. The Labute approximate surface area is 127 Å². The fourth-order valence-electron chi connectivity index (χ4n) is 4.62. The van der Waals surface area contributed by atoms with Gasteiger partial charge in [-0.2, -0.15) is 0 Å². The van der Waals surface area contributed by atoms with Crippen molar-refractivity contribution in [2.45, 2.75) is 69.6 Å². The van der Waals surface area contributed by atoms with Gasteiger partial charge < -0.3 is 5.11 Å². The molecule has 3 rings (SSSR count). The minimum absolute atomic E-state index is 0.214. The molecule has 2 heterocycles. The van der Waals surface area contributed by atoms with E-state index in [-0.39, 0.29) is 6.04 Å². The summed E-state index contributed by atoms with van der Waals surface area (Å²) in [5.74, 6) is -0.668. The maximum absolute atomic E-state index is 11.8. The van der Waals surface area contributed by atoms with Gasteiger partial charge in [0.05, 0.1) is 0 Å². The molecule has 0 radical (unpaired) electrons. The third kappa shape index (κ3) is 2.96. The summed E-state index contributed by atoms with van der Waals surface area (Å²) in [5, 5.41) is 13.0. The van der Waals surface area contributed by atoms with Gasteiger partial charge in [-0.25, -0.2) is 0 Å². The Kier molecular flexibility index (Phi) is 4.26. The van der Waals surface area contributed by atoms with Crippen molar-refractivity contribution < 1.29 is 9.90 Å². The van der Waals surface area contributed by atoms with Crippen molar-refractivity contribution in [3.8, 4) is 0 Å². The molecule has 1 aliphatic carbocycles.